The second-order valence-electron chi connectivity index (χ2n) is 4.17. The minimum absolute atomic E-state index is 0.0311. The van der Waals surface area contributed by atoms with Gasteiger partial charge in [0, 0.05) is 6.04 Å². The molecule has 2 atom stereocenters. The summed E-state index contributed by atoms with van der Waals surface area (Å²) in [6.45, 7) is 5.59. The van der Waals surface area contributed by atoms with Crippen LogP contribution in [0.1, 0.15) is 27.2 Å². The molecule has 1 rings (SSSR count). The summed E-state index contributed by atoms with van der Waals surface area (Å²) in [5, 5.41) is 8.89. The van der Waals surface area contributed by atoms with Crippen molar-refractivity contribution in [3.63, 3.8) is 0 Å². The van der Waals surface area contributed by atoms with E-state index in [0.717, 1.165) is 0 Å². The predicted molar refractivity (Wildman–Crippen MR) is 42.1 cm³/mol. The van der Waals surface area contributed by atoms with Gasteiger partial charge >= 0.3 is 5.97 Å². The van der Waals surface area contributed by atoms with E-state index in [1.807, 2.05) is 13.8 Å². The van der Waals surface area contributed by atoms with E-state index in [1.165, 1.54) is 0 Å². The van der Waals surface area contributed by atoms with Crippen LogP contribution in [-0.4, -0.2) is 17.1 Å². The molecule has 0 aromatic heterocycles. The first-order valence-electron chi connectivity index (χ1n) is 3.81. The van der Waals surface area contributed by atoms with Crippen LogP contribution in [0.15, 0.2) is 0 Å². The van der Waals surface area contributed by atoms with Gasteiger partial charge in [-0.15, -0.1) is 0 Å². The Labute approximate surface area is 66.6 Å². The summed E-state index contributed by atoms with van der Waals surface area (Å²) in [4.78, 5) is 10.8. The van der Waals surface area contributed by atoms with Gasteiger partial charge < -0.3 is 10.8 Å². The lowest BCUT2D eigenvalue weighted by Gasteiger charge is -2.56. The van der Waals surface area contributed by atoms with Crippen molar-refractivity contribution in [2.45, 2.75) is 33.2 Å². The molecule has 2 unspecified atom stereocenters. The molecule has 0 aromatic carbocycles. The van der Waals surface area contributed by atoms with Crippen molar-refractivity contribution in [3.05, 3.63) is 0 Å². The van der Waals surface area contributed by atoms with Crippen LogP contribution in [0.25, 0.3) is 0 Å². The molecule has 0 saturated heterocycles. The minimum atomic E-state index is -0.732. The van der Waals surface area contributed by atoms with Crippen molar-refractivity contribution in [1.82, 2.24) is 0 Å². The summed E-state index contributed by atoms with van der Waals surface area (Å²) >= 11 is 0. The van der Waals surface area contributed by atoms with Crippen molar-refractivity contribution in [2.24, 2.45) is 16.6 Å². The summed E-state index contributed by atoms with van der Waals surface area (Å²) in [6, 6.07) is 0.0311. The monoisotopic (exact) mass is 157 g/mol. The van der Waals surface area contributed by atoms with Crippen LogP contribution in [0.3, 0.4) is 0 Å². The number of carbonyl (C=O) groups is 1. The van der Waals surface area contributed by atoms with Crippen LogP contribution < -0.4 is 5.73 Å². The number of aliphatic carboxylic acids is 1. The highest BCUT2D eigenvalue weighted by molar-refractivity contribution is 5.77. The zero-order valence-corrected chi connectivity index (χ0v) is 7.22. The molecule has 0 bridgehead atoms. The summed E-state index contributed by atoms with van der Waals surface area (Å²) in [5.41, 5.74) is 4.82. The molecule has 1 fully saturated rings. The van der Waals surface area contributed by atoms with Crippen LogP contribution in [-0.2, 0) is 4.79 Å². The Morgan fingerprint density at radius 3 is 2.09 bits per heavy atom. The molecule has 1 saturated carbocycles. The van der Waals surface area contributed by atoms with E-state index >= 15 is 0 Å². The Morgan fingerprint density at radius 1 is 1.55 bits per heavy atom. The number of nitrogens with two attached hydrogens (primary N) is 1. The third kappa shape index (κ3) is 0.805. The molecular formula is C8H15NO2. The van der Waals surface area contributed by atoms with Crippen LogP contribution >= 0.6 is 0 Å². The molecule has 3 heteroatoms. The molecular weight excluding hydrogens is 142 g/mol. The van der Waals surface area contributed by atoms with Crippen LogP contribution in [0.2, 0.25) is 0 Å². The highest BCUT2D eigenvalue weighted by atomic mass is 16.4. The number of rotatable bonds is 1. The summed E-state index contributed by atoms with van der Waals surface area (Å²) in [5.74, 6) is -0.732. The van der Waals surface area contributed by atoms with Crippen molar-refractivity contribution >= 4 is 5.97 Å². The fraction of sp³-hybridized carbons (Fsp3) is 0.875. The van der Waals surface area contributed by atoms with Gasteiger partial charge in [-0.25, -0.2) is 0 Å². The van der Waals surface area contributed by atoms with Gasteiger partial charge in [0.15, 0.2) is 0 Å². The molecule has 1 aliphatic carbocycles. The van der Waals surface area contributed by atoms with Crippen molar-refractivity contribution < 1.29 is 9.90 Å². The molecule has 0 aliphatic heterocycles. The molecule has 0 spiro atoms. The van der Waals surface area contributed by atoms with Gasteiger partial charge in [-0.2, -0.15) is 0 Å². The Morgan fingerprint density at radius 2 is 2.00 bits per heavy atom. The fourth-order valence-electron chi connectivity index (χ4n) is 1.60. The first-order chi connectivity index (χ1) is 4.82. The second-order valence-corrected chi connectivity index (χ2v) is 4.17. The van der Waals surface area contributed by atoms with E-state index in [1.54, 1.807) is 6.92 Å². The topological polar surface area (TPSA) is 63.3 Å². The number of carboxylic acids is 1. The van der Waals surface area contributed by atoms with Gasteiger partial charge in [-0.3, -0.25) is 4.79 Å². The van der Waals surface area contributed by atoms with Gasteiger partial charge in [0.25, 0.3) is 0 Å². The Bertz CT molecular complexity index is 200. The van der Waals surface area contributed by atoms with Crippen molar-refractivity contribution in [3.8, 4) is 0 Å². The number of hydrogen-bond acceptors (Lipinski definition) is 2. The molecule has 3 nitrogen and oxygen atoms in total. The van der Waals surface area contributed by atoms with Gasteiger partial charge in [-0.05, 0) is 18.8 Å². The molecule has 64 valence electrons. The largest absolute Gasteiger partial charge is 0.481 e. The van der Waals surface area contributed by atoms with Gasteiger partial charge in [-0.1, -0.05) is 13.8 Å². The first-order valence-corrected chi connectivity index (χ1v) is 3.81. The van der Waals surface area contributed by atoms with Crippen molar-refractivity contribution in [1.29, 1.82) is 0 Å². The lowest BCUT2D eigenvalue weighted by Crippen LogP contribution is -2.64. The average molecular weight is 157 g/mol. The molecule has 0 amide bonds. The highest BCUT2D eigenvalue weighted by Gasteiger charge is 2.60. The maximum absolute atomic E-state index is 10.8. The minimum Gasteiger partial charge on any atom is -0.481 e. The van der Waals surface area contributed by atoms with Gasteiger partial charge in [0.05, 0.1) is 5.41 Å². The normalized spacial score (nSPS) is 41.3. The lowest BCUT2D eigenvalue weighted by molar-refractivity contribution is -0.171. The van der Waals surface area contributed by atoms with Gasteiger partial charge in [0.1, 0.15) is 0 Å². The Kier molecular flexibility index (Phi) is 1.53. The summed E-state index contributed by atoms with van der Waals surface area (Å²) in [6.07, 6.45) is 0.593. The summed E-state index contributed by atoms with van der Waals surface area (Å²) < 4.78 is 0. The van der Waals surface area contributed by atoms with Crippen LogP contribution in [0.4, 0.5) is 0 Å². The maximum atomic E-state index is 10.8. The lowest BCUT2D eigenvalue weighted by atomic mass is 9.49. The third-order valence-corrected chi connectivity index (χ3v) is 3.45. The summed E-state index contributed by atoms with van der Waals surface area (Å²) in [7, 11) is 0. The van der Waals surface area contributed by atoms with Crippen molar-refractivity contribution in [2.75, 3.05) is 0 Å². The average Bonchev–Trinajstić information content (AvgIpc) is 1.87. The van der Waals surface area contributed by atoms with E-state index < -0.39 is 11.4 Å². The SMILES string of the molecule is CC1(C(=O)O)CC(N)C1(C)C. The van der Waals surface area contributed by atoms with E-state index in [4.69, 9.17) is 10.8 Å². The standard InChI is InChI=1S/C8H15NO2/c1-7(2)5(9)4-8(7,3)6(10)11/h5H,4,9H2,1-3H3,(H,10,11). The smallest absolute Gasteiger partial charge is 0.310 e. The van der Waals surface area contributed by atoms with E-state index in [9.17, 15) is 4.79 Å². The van der Waals surface area contributed by atoms with E-state index in [2.05, 4.69) is 0 Å². The Hall–Kier alpha value is -0.570. The molecule has 1 aliphatic rings. The zero-order chi connectivity index (χ0) is 8.86. The molecule has 0 aromatic rings. The molecule has 0 heterocycles. The van der Waals surface area contributed by atoms with E-state index in [-0.39, 0.29) is 11.5 Å². The maximum Gasteiger partial charge on any atom is 0.310 e. The fourth-order valence-corrected chi connectivity index (χ4v) is 1.60. The Balaban J connectivity index is 2.87. The second kappa shape index (κ2) is 1.97. The quantitative estimate of drug-likeness (QED) is 0.592. The first kappa shape index (κ1) is 8.53. The third-order valence-electron chi connectivity index (χ3n) is 3.45. The molecule has 3 N–H and O–H groups in total. The highest BCUT2D eigenvalue weighted by Crippen LogP contribution is 2.55. The van der Waals surface area contributed by atoms with Crippen LogP contribution in [0.5, 0.6) is 0 Å². The van der Waals surface area contributed by atoms with Gasteiger partial charge in [0.2, 0.25) is 0 Å². The zero-order valence-electron chi connectivity index (χ0n) is 7.22. The predicted octanol–water partition coefficient (Wildman–Crippen LogP) is 0.834. The number of hydrogen-bond donors (Lipinski definition) is 2. The number of carboxylic acid groups (broad SMARTS) is 1. The van der Waals surface area contributed by atoms with Crippen LogP contribution in [0, 0.1) is 10.8 Å². The van der Waals surface area contributed by atoms with E-state index in [0.29, 0.717) is 6.42 Å². The molecule has 0 radical (unpaired) electrons. The molecule has 11 heavy (non-hydrogen) atoms.